The first-order valence-electron chi connectivity index (χ1n) is 6.58. The molecule has 2 rings (SSSR count). The van der Waals surface area contributed by atoms with Crippen molar-refractivity contribution in [1.29, 1.82) is 0 Å². The van der Waals surface area contributed by atoms with Crippen molar-refractivity contribution in [2.24, 2.45) is 5.73 Å². The average molecular weight is 308 g/mol. The van der Waals surface area contributed by atoms with Gasteiger partial charge < -0.3 is 10.5 Å². The Bertz CT molecular complexity index is 530. The van der Waals surface area contributed by atoms with Gasteiger partial charge in [0.05, 0.1) is 6.61 Å². The Labute approximate surface area is 129 Å². The van der Waals surface area contributed by atoms with Crippen molar-refractivity contribution in [2.45, 2.75) is 17.9 Å². The number of halogens is 1. The fraction of sp³-hybridized carbons (Fsp3) is 0.250. The zero-order chi connectivity index (χ0) is 14.2. The van der Waals surface area contributed by atoms with Gasteiger partial charge in [-0.15, -0.1) is 11.8 Å². The Hall–Kier alpha value is -1.16. The van der Waals surface area contributed by atoms with Crippen LogP contribution in [0.25, 0.3) is 0 Å². The van der Waals surface area contributed by atoms with Gasteiger partial charge in [0.15, 0.2) is 0 Å². The molecular formula is C16H18ClNOS. The molecule has 0 saturated carbocycles. The summed E-state index contributed by atoms with van der Waals surface area (Å²) in [6, 6.07) is 15.8. The van der Waals surface area contributed by atoms with Gasteiger partial charge in [0.2, 0.25) is 0 Å². The second-order valence-electron chi connectivity index (χ2n) is 4.36. The summed E-state index contributed by atoms with van der Waals surface area (Å²) < 4.78 is 5.69. The molecule has 2 aromatic carbocycles. The molecule has 0 atom stereocenters. The van der Waals surface area contributed by atoms with Crippen LogP contribution in [-0.2, 0) is 6.54 Å². The van der Waals surface area contributed by atoms with Crippen LogP contribution >= 0.6 is 23.4 Å². The first kappa shape index (κ1) is 15.2. The van der Waals surface area contributed by atoms with E-state index in [4.69, 9.17) is 22.1 Å². The molecule has 0 aliphatic heterocycles. The summed E-state index contributed by atoms with van der Waals surface area (Å²) in [5, 5.41) is 0.784. The smallest absolute Gasteiger partial charge is 0.119 e. The van der Waals surface area contributed by atoms with E-state index in [1.54, 1.807) is 11.8 Å². The number of nitrogens with two attached hydrogens (primary N) is 1. The van der Waals surface area contributed by atoms with E-state index in [0.717, 1.165) is 35.1 Å². The maximum atomic E-state index is 5.94. The Morgan fingerprint density at radius 1 is 1.10 bits per heavy atom. The largest absolute Gasteiger partial charge is 0.494 e. The van der Waals surface area contributed by atoms with Gasteiger partial charge in [-0.1, -0.05) is 29.8 Å². The van der Waals surface area contributed by atoms with E-state index in [0.29, 0.717) is 6.54 Å². The Kier molecular flexibility index (Phi) is 6.25. The highest BCUT2D eigenvalue weighted by molar-refractivity contribution is 7.99. The summed E-state index contributed by atoms with van der Waals surface area (Å²) >= 11 is 7.74. The molecule has 0 saturated heterocycles. The zero-order valence-corrected chi connectivity index (χ0v) is 12.8. The second-order valence-corrected chi connectivity index (χ2v) is 5.96. The topological polar surface area (TPSA) is 35.2 Å². The molecule has 4 heteroatoms. The third-order valence-corrected chi connectivity index (χ3v) is 4.10. The molecule has 2 nitrogen and oxygen atoms in total. The maximum Gasteiger partial charge on any atom is 0.119 e. The standard InChI is InChI=1S/C16H18ClNOS/c17-14-3-1-4-16(11-14)20-10-2-9-19-15-7-5-13(12-18)6-8-15/h1,3-8,11H,2,9-10,12,18H2. The molecular weight excluding hydrogens is 290 g/mol. The van der Waals surface area contributed by atoms with E-state index in [1.807, 2.05) is 42.5 Å². The highest BCUT2D eigenvalue weighted by Gasteiger charge is 1.97. The number of benzene rings is 2. The minimum atomic E-state index is 0.566. The van der Waals surface area contributed by atoms with Crippen LogP contribution in [0.3, 0.4) is 0 Å². The summed E-state index contributed by atoms with van der Waals surface area (Å²) in [7, 11) is 0. The van der Waals surface area contributed by atoms with E-state index in [9.17, 15) is 0 Å². The van der Waals surface area contributed by atoms with Gasteiger partial charge in [0.25, 0.3) is 0 Å². The summed E-state index contributed by atoms with van der Waals surface area (Å²) in [4.78, 5) is 1.20. The molecule has 0 aliphatic rings. The molecule has 2 N–H and O–H groups in total. The molecule has 0 unspecified atom stereocenters. The van der Waals surface area contributed by atoms with Crippen LogP contribution < -0.4 is 10.5 Å². The lowest BCUT2D eigenvalue weighted by atomic mass is 10.2. The molecule has 0 heterocycles. The Balaban J connectivity index is 1.66. The van der Waals surface area contributed by atoms with Gasteiger partial charge in [-0.25, -0.2) is 0 Å². The van der Waals surface area contributed by atoms with Crippen LogP contribution in [0.15, 0.2) is 53.4 Å². The van der Waals surface area contributed by atoms with Crippen molar-refractivity contribution < 1.29 is 4.74 Å². The van der Waals surface area contributed by atoms with Crippen LogP contribution in [0, 0.1) is 0 Å². The van der Waals surface area contributed by atoms with Crippen LogP contribution in [0.4, 0.5) is 0 Å². The van der Waals surface area contributed by atoms with Crippen molar-refractivity contribution in [3.8, 4) is 5.75 Å². The molecule has 106 valence electrons. The van der Waals surface area contributed by atoms with Gasteiger partial charge in [-0.3, -0.25) is 0 Å². The SMILES string of the molecule is NCc1ccc(OCCCSc2cccc(Cl)c2)cc1. The van der Waals surface area contributed by atoms with E-state index >= 15 is 0 Å². The molecule has 2 aromatic rings. The molecule has 0 spiro atoms. The predicted octanol–water partition coefficient (Wildman–Crippen LogP) is 4.36. The minimum Gasteiger partial charge on any atom is -0.494 e. The van der Waals surface area contributed by atoms with Crippen LogP contribution in [0.1, 0.15) is 12.0 Å². The summed E-state index contributed by atoms with van der Waals surface area (Å²) in [5.74, 6) is 1.91. The van der Waals surface area contributed by atoms with Crippen LogP contribution in [0.2, 0.25) is 5.02 Å². The molecule has 0 amide bonds. The Morgan fingerprint density at radius 2 is 1.90 bits per heavy atom. The van der Waals surface area contributed by atoms with E-state index in [2.05, 4.69) is 6.07 Å². The zero-order valence-electron chi connectivity index (χ0n) is 11.2. The first-order chi connectivity index (χ1) is 9.78. The number of rotatable bonds is 7. The van der Waals surface area contributed by atoms with Crippen molar-refractivity contribution in [1.82, 2.24) is 0 Å². The van der Waals surface area contributed by atoms with Gasteiger partial charge in [-0.05, 0) is 42.3 Å². The third-order valence-electron chi connectivity index (χ3n) is 2.78. The van der Waals surface area contributed by atoms with Crippen molar-refractivity contribution in [3.63, 3.8) is 0 Å². The van der Waals surface area contributed by atoms with Crippen LogP contribution in [0.5, 0.6) is 5.75 Å². The minimum absolute atomic E-state index is 0.566. The molecule has 20 heavy (non-hydrogen) atoms. The number of hydrogen-bond acceptors (Lipinski definition) is 3. The van der Waals surface area contributed by atoms with E-state index in [1.165, 1.54) is 4.90 Å². The summed E-state index contributed by atoms with van der Waals surface area (Å²) in [6.07, 6.45) is 0.996. The molecule has 0 aromatic heterocycles. The number of hydrogen-bond donors (Lipinski definition) is 1. The van der Waals surface area contributed by atoms with Crippen LogP contribution in [-0.4, -0.2) is 12.4 Å². The Morgan fingerprint density at radius 3 is 2.60 bits per heavy atom. The highest BCUT2D eigenvalue weighted by Crippen LogP contribution is 2.22. The number of thioether (sulfide) groups is 1. The summed E-state index contributed by atoms with van der Waals surface area (Å²) in [6.45, 7) is 1.28. The molecule has 0 fully saturated rings. The lowest BCUT2D eigenvalue weighted by Gasteiger charge is -2.07. The molecule has 0 bridgehead atoms. The van der Waals surface area contributed by atoms with E-state index < -0.39 is 0 Å². The average Bonchev–Trinajstić information content (AvgIpc) is 2.48. The van der Waals surface area contributed by atoms with E-state index in [-0.39, 0.29) is 0 Å². The predicted molar refractivity (Wildman–Crippen MR) is 86.6 cm³/mol. The lowest BCUT2D eigenvalue weighted by Crippen LogP contribution is -2.00. The van der Waals surface area contributed by atoms with Gasteiger partial charge in [0, 0.05) is 22.2 Å². The fourth-order valence-corrected chi connectivity index (χ4v) is 2.86. The third kappa shape index (κ3) is 5.08. The highest BCUT2D eigenvalue weighted by atomic mass is 35.5. The van der Waals surface area contributed by atoms with Crippen molar-refractivity contribution >= 4 is 23.4 Å². The lowest BCUT2D eigenvalue weighted by molar-refractivity contribution is 0.318. The fourth-order valence-electron chi connectivity index (χ4n) is 1.72. The van der Waals surface area contributed by atoms with Crippen molar-refractivity contribution in [2.75, 3.05) is 12.4 Å². The second kappa shape index (κ2) is 8.20. The number of ether oxygens (including phenoxy) is 1. The molecule has 0 radical (unpaired) electrons. The quantitative estimate of drug-likeness (QED) is 0.610. The summed E-state index contributed by atoms with van der Waals surface area (Å²) in [5.41, 5.74) is 6.67. The maximum absolute atomic E-state index is 5.94. The van der Waals surface area contributed by atoms with Crippen molar-refractivity contribution in [3.05, 3.63) is 59.1 Å². The first-order valence-corrected chi connectivity index (χ1v) is 7.94. The molecule has 0 aliphatic carbocycles. The van der Waals surface area contributed by atoms with Gasteiger partial charge >= 0.3 is 0 Å². The normalized spacial score (nSPS) is 10.5. The monoisotopic (exact) mass is 307 g/mol. The van der Waals surface area contributed by atoms with Gasteiger partial charge in [0.1, 0.15) is 5.75 Å². The van der Waals surface area contributed by atoms with Gasteiger partial charge in [-0.2, -0.15) is 0 Å².